The van der Waals surface area contributed by atoms with E-state index in [0.717, 1.165) is 6.08 Å². The molecule has 0 aromatic heterocycles. The Kier molecular flexibility index (Phi) is 6.69. The monoisotopic (exact) mass is 412 g/mol. The normalized spacial score (nSPS) is 14.7. The van der Waals surface area contributed by atoms with Crippen LogP contribution in [0.2, 0.25) is 0 Å². The van der Waals surface area contributed by atoms with E-state index in [1.54, 1.807) is 15.9 Å². The first-order valence-electron chi connectivity index (χ1n) is 7.70. The van der Waals surface area contributed by atoms with E-state index in [2.05, 4.69) is 15.9 Å². The van der Waals surface area contributed by atoms with Crippen molar-refractivity contribution >= 4 is 39.8 Å². The fourth-order valence-electron chi connectivity index (χ4n) is 2.34. The van der Waals surface area contributed by atoms with E-state index in [1.165, 1.54) is 25.1 Å². The fraction of sp³-hybridized carbons (Fsp3) is 0.353. The van der Waals surface area contributed by atoms with Crippen molar-refractivity contribution in [1.29, 1.82) is 0 Å². The molecule has 1 heterocycles. The lowest BCUT2D eigenvalue weighted by Crippen LogP contribution is -2.51. The minimum Gasteiger partial charge on any atom is -0.452 e. The first kappa shape index (κ1) is 19.1. The lowest BCUT2D eigenvalue weighted by atomic mass is 10.2. The third-order valence-electron chi connectivity index (χ3n) is 3.77. The molecular weight excluding hydrogens is 395 g/mol. The van der Waals surface area contributed by atoms with Crippen LogP contribution in [0.4, 0.5) is 4.39 Å². The van der Waals surface area contributed by atoms with E-state index in [-0.39, 0.29) is 24.0 Å². The van der Waals surface area contributed by atoms with Crippen molar-refractivity contribution in [1.82, 2.24) is 9.80 Å². The predicted molar refractivity (Wildman–Crippen MR) is 92.9 cm³/mol. The van der Waals surface area contributed by atoms with Gasteiger partial charge in [-0.1, -0.05) is 15.9 Å². The number of benzene rings is 1. The smallest absolute Gasteiger partial charge is 0.331 e. The third kappa shape index (κ3) is 5.67. The minimum absolute atomic E-state index is 0.0246. The van der Waals surface area contributed by atoms with Gasteiger partial charge in [-0.2, -0.15) is 0 Å². The number of carbonyl (C=O) groups excluding carboxylic acids is 3. The highest BCUT2D eigenvalue weighted by molar-refractivity contribution is 9.10. The number of nitrogens with zero attached hydrogens (tertiary/aromatic N) is 2. The van der Waals surface area contributed by atoms with Crippen molar-refractivity contribution in [2.75, 3.05) is 32.8 Å². The van der Waals surface area contributed by atoms with Gasteiger partial charge < -0.3 is 14.5 Å². The van der Waals surface area contributed by atoms with E-state index in [1.807, 2.05) is 0 Å². The first-order valence-corrected chi connectivity index (χ1v) is 8.49. The Balaban J connectivity index is 1.80. The van der Waals surface area contributed by atoms with E-state index in [9.17, 15) is 18.8 Å². The summed E-state index contributed by atoms with van der Waals surface area (Å²) in [5.74, 6) is -1.54. The number of rotatable bonds is 4. The zero-order valence-corrected chi connectivity index (χ0v) is 15.3. The zero-order valence-electron chi connectivity index (χ0n) is 13.7. The van der Waals surface area contributed by atoms with E-state index in [4.69, 9.17) is 4.74 Å². The molecule has 1 fully saturated rings. The Morgan fingerprint density at radius 3 is 2.48 bits per heavy atom. The maximum absolute atomic E-state index is 13.6. The van der Waals surface area contributed by atoms with E-state index in [0.29, 0.717) is 30.7 Å². The average Bonchev–Trinajstić information content (AvgIpc) is 2.60. The summed E-state index contributed by atoms with van der Waals surface area (Å²) in [6.45, 7) is 2.86. The molecule has 2 amide bonds. The van der Waals surface area contributed by atoms with Gasteiger partial charge in [0.15, 0.2) is 6.61 Å². The molecule has 25 heavy (non-hydrogen) atoms. The van der Waals surface area contributed by atoms with Crippen LogP contribution >= 0.6 is 15.9 Å². The number of amides is 2. The van der Waals surface area contributed by atoms with Gasteiger partial charge in [-0.25, -0.2) is 9.18 Å². The third-order valence-corrected chi connectivity index (χ3v) is 4.27. The van der Waals surface area contributed by atoms with Crippen LogP contribution in [0.15, 0.2) is 28.7 Å². The molecular formula is C17H18BrFN2O4. The van der Waals surface area contributed by atoms with Gasteiger partial charge in [0.1, 0.15) is 5.82 Å². The molecule has 0 saturated carbocycles. The highest BCUT2D eigenvalue weighted by atomic mass is 79.9. The van der Waals surface area contributed by atoms with Crippen LogP contribution in [-0.4, -0.2) is 60.4 Å². The number of piperazine rings is 1. The molecule has 6 nitrogen and oxygen atoms in total. The van der Waals surface area contributed by atoms with E-state index < -0.39 is 11.8 Å². The van der Waals surface area contributed by atoms with Gasteiger partial charge in [0.05, 0.1) is 0 Å². The molecule has 1 saturated heterocycles. The van der Waals surface area contributed by atoms with Gasteiger partial charge in [-0.05, 0) is 24.3 Å². The van der Waals surface area contributed by atoms with Crippen molar-refractivity contribution < 1.29 is 23.5 Å². The summed E-state index contributed by atoms with van der Waals surface area (Å²) in [6, 6.07) is 4.35. The van der Waals surface area contributed by atoms with Crippen molar-refractivity contribution in [3.05, 3.63) is 40.1 Å². The zero-order chi connectivity index (χ0) is 18.4. The summed E-state index contributed by atoms with van der Waals surface area (Å²) in [5.41, 5.74) is 0.234. The molecule has 1 aromatic rings. The second-order valence-electron chi connectivity index (χ2n) is 5.49. The fourth-order valence-corrected chi connectivity index (χ4v) is 2.72. The SMILES string of the molecule is CC(=O)N1CCN(C(=O)COC(=O)/C=C/c2cc(Br)ccc2F)CC1. The quantitative estimate of drug-likeness (QED) is 0.558. The lowest BCUT2D eigenvalue weighted by Gasteiger charge is -2.34. The number of hydrogen-bond donors (Lipinski definition) is 0. The van der Waals surface area contributed by atoms with Gasteiger partial charge in [0.2, 0.25) is 5.91 Å². The lowest BCUT2D eigenvalue weighted by molar-refractivity contribution is -0.149. The molecule has 0 atom stereocenters. The standard InChI is InChI=1S/C17H18BrFN2O4/c1-12(22)20-6-8-21(9-7-20)16(23)11-25-17(24)5-2-13-10-14(18)3-4-15(13)19/h2-5,10H,6-9,11H2,1H3/b5-2+. The highest BCUT2D eigenvalue weighted by Gasteiger charge is 2.22. The summed E-state index contributed by atoms with van der Waals surface area (Å²) < 4.78 is 19.1. The second kappa shape index (κ2) is 8.75. The Hall–Kier alpha value is -2.22. The van der Waals surface area contributed by atoms with Gasteiger partial charge in [-0.3, -0.25) is 9.59 Å². The van der Waals surface area contributed by atoms with Gasteiger partial charge in [0.25, 0.3) is 5.91 Å². The van der Waals surface area contributed by atoms with Crippen LogP contribution in [0.3, 0.4) is 0 Å². The predicted octanol–water partition coefficient (Wildman–Crippen LogP) is 1.84. The Labute approximate surface area is 153 Å². The second-order valence-corrected chi connectivity index (χ2v) is 6.41. The first-order chi connectivity index (χ1) is 11.9. The molecule has 0 unspecified atom stereocenters. The topological polar surface area (TPSA) is 66.9 Å². The Morgan fingerprint density at radius 2 is 1.84 bits per heavy atom. The van der Waals surface area contributed by atoms with Crippen LogP contribution < -0.4 is 0 Å². The number of carbonyl (C=O) groups is 3. The number of ether oxygens (including phenoxy) is 1. The molecule has 1 aromatic carbocycles. The van der Waals surface area contributed by atoms with Crippen LogP contribution in [-0.2, 0) is 19.1 Å². The molecule has 2 rings (SSSR count). The highest BCUT2D eigenvalue weighted by Crippen LogP contribution is 2.16. The van der Waals surface area contributed by atoms with Gasteiger partial charge >= 0.3 is 5.97 Å². The molecule has 0 radical (unpaired) electrons. The van der Waals surface area contributed by atoms with Gasteiger partial charge in [0, 0.05) is 49.2 Å². The summed E-state index contributed by atoms with van der Waals surface area (Å²) in [7, 11) is 0. The summed E-state index contributed by atoms with van der Waals surface area (Å²) in [5, 5.41) is 0. The largest absolute Gasteiger partial charge is 0.452 e. The summed E-state index contributed by atoms with van der Waals surface area (Å²) in [6.07, 6.45) is 2.37. The Bertz CT molecular complexity index is 700. The number of halogens is 2. The van der Waals surface area contributed by atoms with Crippen molar-refractivity contribution in [2.45, 2.75) is 6.92 Å². The molecule has 0 spiro atoms. The molecule has 8 heteroatoms. The average molecular weight is 413 g/mol. The molecule has 1 aliphatic rings. The van der Waals surface area contributed by atoms with Crippen molar-refractivity contribution in [2.24, 2.45) is 0 Å². The molecule has 134 valence electrons. The van der Waals surface area contributed by atoms with Crippen LogP contribution in [0, 0.1) is 5.82 Å². The summed E-state index contributed by atoms with van der Waals surface area (Å²) in [4.78, 5) is 38.1. The van der Waals surface area contributed by atoms with Crippen molar-refractivity contribution in [3.63, 3.8) is 0 Å². The van der Waals surface area contributed by atoms with E-state index >= 15 is 0 Å². The van der Waals surface area contributed by atoms with Gasteiger partial charge in [-0.15, -0.1) is 0 Å². The van der Waals surface area contributed by atoms with Crippen LogP contribution in [0.25, 0.3) is 6.08 Å². The number of esters is 1. The minimum atomic E-state index is -0.727. The Morgan fingerprint density at radius 1 is 1.20 bits per heavy atom. The molecule has 0 N–H and O–H groups in total. The maximum Gasteiger partial charge on any atom is 0.331 e. The van der Waals surface area contributed by atoms with Crippen LogP contribution in [0.5, 0.6) is 0 Å². The molecule has 0 bridgehead atoms. The molecule has 0 aliphatic carbocycles. The maximum atomic E-state index is 13.6. The summed E-state index contributed by atoms with van der Waals surface area (Å²) >= 11 is 3.22. The number of hydrogen-bond acceptors (Lipinski definition) is 4. The molecule has 1 aliphatic heterocycles. The van der Waals surface area contributed by atoms with Crippen molar-refractivity contribution in [3.8, 4) is 0 Å². The van der Waals surface area contributed by atoms with Crippen LogP contribution in [0.1, 0.15) is 12.5 Å².